The highest BCUT2D eigenvalue weighted by molar-refractivity contribution is 5.27. The molecule has 0 radical (unpaired) electrons. The molecule has 2 rings (SSSR count). The van der Waals surface area contributed by atoms with Crippen molar-refractivity contribution in [3.05, 3.63) is 84.0 Å². The van der Waals surface area contributed by atoms with Gasteiger partial charge in [0.2, 0.25) is 0 Å². The van der Waals surface area contributed by atoms with Crippen molar-refractivity contribution in [2.75, 3.05) is 13.2 Å². The molecule has 0 bridgehead atoms. The van der Waals surface area contributed by atoms with Gasteiger partial charge in [-0.1, -0.05) is 48.6 Å². The first-order chi connectivity index (χ1) is 11.2. The highest BCUT2D eigenvalue weighted by Crippen LogP contribution is 2.11. The van der Waals surface area contributed by atoms with Gasteiger partial charge in [-0.25, -0.2) is 0 Å². The normalized spacial score (nSPS) is 11.5. The van der Waals surface area contributed by atoms with Crippen molar-refractivity contribution in [3.8, 4) is 11.5 Å². The van der Waals surface area contributed by atoms with Crippen molar-refractivity contribution in [1.82, 2.24) is 0 Å². The second-order valence-electron chi connectivity index (χ2n) is 5.22. The van der Waals surface area contributed by atoms with E-state index in [9.17, 15) is 10.2 Å². The van der Waals surface area contributed by atoms with Crippen LogP contribution in [-0.4, -0.2) is 23.4 Å². The number of allylic oxidation sites excluding steroid dienone is 2. The van der Waals surface area contributed by atoms with Crippen LogP contribution in [0.2, 0.25) is 0 Å². The van der Waals surface area contributed by atoms with Crippen LogP contribution < -0.4 is 0 Å². The minimum atomic E-state index is 0.292. The Labute approximate surface area is 137 Å². The molecular weight excluding hydrogens is 288 g/mol. The van der Waals surface area contributed by atoms with Gasteiger partial charge < -0.3 is 14.9 Å². The van der Waals surface area contributed by atoms with Crippen LogP contribution >= 0.6 is 0 Å². The fraction of sp³-hybridized carbons (Fsp3) is 0.200. The smallest absolute Gasteiger partial charge is 0.115 e. The van der Waals surface area contributed by atoms with Gasteiger partial charge in [-0.2, -0.15) is 0 Å². The molecule has 0 heterocycles. The molecule has 3 heteroatoms. The lowest BCUT2D eigenvalue weighted by Crippen LogP contribution is -1.91. The number of rotatable bonds is 8. The van der Waals surface area contributed by atoms with Gasteiger partial charge >= 0.3 is 0 Å². The van der Waals surface area contributed by atoms with E-state index < -0.39 is 0 Å². The number of phenols is 2. The van der Waals surface area contributed by atoms with E-state index in [1.165, 1.54) is 0 Å². The third kappa shape index (κ3) is 6.85. The molecule has 3 nitrogen and oxygen atoms in total. The summed E-state index contributed by atoms with van der Waals surface area (Å²) in [5.41, 5.74) is 2.32. The van der Waals surface area contributed by atoms with E-state index in [2.05, 4.69) is 12.2 Å². The fourth-order valence-corrected chi connectivity index (χ4v) is 2.04. The van der Waals surface area contributed by atoms with Gasteiger partial charge in [0.25, 0.3) is 0 Å². The van der Waals surface area contributed by atoms with E-state index >= 15 is 0 Å². The number of benzene rings is 2. The molecule has 2 N–H and O–H groups in total. The zero-order chi connectivity index (χ0) is 16.3. The first kappa shape index (κ1) is 16.8. The van der Waals surface area contributed by atoms with Crippen LogP contribution in [0, 0.1) is 0 Å². The number of hydrogen-bond donors (Lipinski definition) is 2. The maximum Gasteiger partial charge on any atom is 0.115 e. The van der Waals surface area contributed by atoms with Crippen molar-refractivity contribution in [2.45, 2.75) is 12.8 Å². The zero-order valence-electron chi connectivity index (χ0n) is 13.1. The van der Waals surface area contributed by atoms with Gasteiger partial charge in [0.1, 0.15) is 11.5 Å². The second kappa shape index (κ2) is 9.49. The summed E-state index contributed by atoms with van der Waals surface area (Å²) in [5, 5.41) is 18.4. The molecule has 0 atom stereocenters. The lowest BCUT2D eigenvalue weighted by molar-refractivity contribution is 0.193. The van der Waals surface area contributed by atoms with E-state index in [0.29, 0.717) is 24.7 Å². The highest BCUT2D eigenvalue weighted by Gasteiger charge is 1.91. The van der Waals surface area contributed by atoms with Crippen molar-refractivity contribution < 1.29 is 14.9 Å². The van der Waals surface area contributed by atoms with Crippen molar-refractivity contribution in [2.24, 2.45) is 0 Å². The Morgan fingerprint density at radius 1 is 0.609 bits per heavy atom. The predicted octanol–water partition coefficient (Wildman–Crippen LogP) is 4.01. The minimum Gasteiger partial charge on any atom is -0.508 e. The molecule has 0 spiro atoms. The van der Waals surface area contributed by atoms with Gasteiger partial charge in [0.05, 0.1) is 13.2 Å². The summed E-state index contributed by atoms with van der Waals surface area (Å²) in [5.74, 6) is 0.584. The quantitative estimate of drug-likeness (QED) is 0.572. The molecule has 0 fully saturated rings. The number of ether oxygens (including phenoxy) is 1. The summed E-state index contributed by atoms with van der Waals surface area (Å²) in [6, 6.07) is 14.4. The molecule has 120 valence electrons. The van der Waals surface area contributed by atoms with Crippen LogP contribution in [0.25, 0.3) is 0 Å². The SMILES string of the molecule is Oc1ccc(CC=CCOCC=CCc2ccc(O)cc2)cc1. The Morgan fingerprint density at radius 3 is 1.39 bits per heavy atom. The minimum absolute atomic E-state index is 0.292. The molecule has 2 aromatic carbocycles. The van der Waals surface area contributed by atoms with Crippen molar-refractivity contribution in [1.29, 1.82) is 0 Å². The van der Waals surface area contributed by atoms with Gasteiger partial charge in [-0.3, -0.25) is 0 Å². The van der Waals surface area contributed by atoms with Gasteiger partial charge in [0.15, 0.2) is 0 Å². The van der Waals surface area contributed by atoms with E-state index in [1.54, 1.807) is 24.3 Å². The first-order valence-electron chi connectivity index (χ1n) is 7.67. The van der Waals surface area contributed by atoms with Gasteiger partial charge in [0, 0.05) is 0 Å². The monoisotopic (exact) mass is 310 g/mol. The van der Waals surface area contributed by atoms with Gasteiger partial charge in [-0.15, -0.1) is 0 Å². The largest absolute Gasteiger partial charge is 0.508 e. The van der Waals surface area contributed by atoms with E-state index in [1.807, 2.05) is 36.4 Å². The summed E-state index contributed by atoms with van der Waals surface area (Å²) in [4.78, 5) is 0. The third-order valence-corrected chi connectivity index (χ3v) is 3.34. The Kier molecular flexibility index (Phi) is 6.95. The topological polar surface area (TPSA) is 49.7 Å². The Morgan fingerprint density at radius 2 is 1.00 bits per heavy atom. The molecular formula is C20H22O3. The molecule has 0 aliphatic heterocycles. The van der Waals surface area contributed by atoms with Crippen LogP contribution in [0.1, 0.15) is 11.1 Å². The Balaban J connectivity index is 1.56. The average Bonchev–Trinajstić information content (AvgIpc) is 2.56. The fourth-order valence-electron chi connectivity index (χ4n) is 2.04. The molecule has 2 aromatic rings. The molecule has 0 saturated heterocycles. The third-order valence-electron chi connectivity index (χ3n) is 3.34. The van der Waals surface area contributed by atoms with Crippen molar-refractivity contribution >= 4 is 0 Å². The standard InChI is InChI=1S/C20H22O3/c21-19-11-7-17(8-12-19)5-1-3-15-23-16-4-2-6-18-9-13-20(22)14-10-18/h1-4,7-14,21-22H,5-6,15-16H2. The summed E-state index contributed by atoms with van der Waals surface area (Å²) >= 11 is 0. The maximum absolute atomic E-state index is 9.20. The summed E-state index contributed by atoms with van der Waals surface area (Å²) in [6.07, 6.45) is 9.79. The second-order valence-corrected chi connectivity index (χ2v) is 5.22. The lowest BCUT2D eigenvalue weighted by atomic mass is 10.1. The number of hydrogen-bond acceptors (Lipinski definition) is 3. The highest BCUT2D eigenvalue weighted by atomic mass is 16.5. The number of phenolic OH excluding ortho intramolecular Hbond substituents is 2. The first-order valence-corrected chi connectivity index (χ1v) is 7.67. The molecule has 23 heavy (non-hydrogen) atoms. The average molecular weight is 310 g/mol. The van der Waals surface area contributed by atoms with Gasteiger partial charge in [-0.05, 0) is 48.2 Å². The molecule has 0 amide bonds. The molecule has 0 aliphatic carbocycles. The van der Waals surface area contributed by atoms with E-state index in [-0.39, 0.29) is 0 Å². The number of aromatic hydroxyl groups is 2. The summed E-state index contributed by atoms with van der Waals surface area (Å²) in [7, 11) is 0. The molecule has 0 saturated carbocycles. The maximum atomic E-state index is 9.20. The Bertz CT molecular complexity index is 567. The lowest BCUT2D eigenvalue weighted by Gasteiger charge is -1.98. The molecule has 0 aromatic heterocycles. The van der Waals surface area contributed by atoms with Crippen LogP contribution in [0.4, 0.5) is 0 Å². The van der Waals surface area contributed by atoms with E-state index in [0.717, 1.165) is 24.0 Å². The van der Waals surface area contributed by atoms with Crippen LogP contribution in [0.5, 0.6) is 11.5 Å². The van der Waals surface area contributed by atoms with Crippen LogP contribution in [-0.2, 0) is 17.6 Å². The summed E-state index contributed by atoms with van der Waals surface area (Å²) in [6.45, 7) is 1.17. The van der Waals surface area contributed by atoms with Crippen LogP contribution in [0.15, 0.2) is 72.8 Å². The zero-order valence-corrected chi connectivity index (χ0v) is 13.1. The van der Waals surface area contributed by atoms with E-state index in [4.69, 9.17) is 4.74 Å². The van der Waals surface area contributed by atoms with Crippen molar-refractivity contribution in [3.63, 3.8) is 0 Å². The predicted molar refractivity (Wildman–Crippen MR) is 92.7 cm³/mol. The van der Waals surface area contributed by atoms with Crippen LogP contribution in [0.3, 0.4) is 0 Å². The molecule has 0 unspecified atom stereocenters. The summed E-state index contributed by atoms with van der Waals surface area (Å²) < 4.78 is 5.49. The Hall–Kier alpha value is -2.52. The molecule has 0 aliphatic rings.